The second-order valence-corrected chi connectivity index (χ2v) is 5.15. The van der Waals surface area contributed by atoms with Gasteiger partial charge in [0.25, 0.3) is 0 Å². The number of anilines is 1. The average Bonchev–Trinajstić information content (AvgIpc) is 2.90. The maximum Gasteiger partial charge on any atom is 0.182 e. The molecule has 0 amide bonds. The number of nitrogen functional groups attached to an aromatic ring is 1. The predicted molar refractivity (Wildman–Crippen MR) is 71.4 cm³/mol. The first-order valence-corrected chi connectivity index (χ1v) is 6.42. The predicted octanol–water partition coefficient (Wildman–Crippen LogP) is 1.45. The highest BCUT2D eigenvalue weighted by molar-refractivity contribution is 5.58. The van der Waals surface area contributed by atoms with Crippen molar-refractivity contribution in [3.63, 3.8) is 0 Å². The first kappa shape index (κ1) is 12.1. The number of hydrogen-bond donors (Lipinski definition) is 1. The van der Waals surface area contributed by atoms with Gasteiger partial charge in [0.05, 0.1) is 5.54 Å². The molecule has 0 radical (unpaired) electrons. The minimum atomic E-state index is -0.0849. The third-order valence-corrected chi connectivity index (χ3v) is 3.72. The Morgan fingerprint density at radius 1 is 1.21 bits per heavy atom. The Balaban J connectivity index is 2.00. The van der Waals surface area contributed by atoms with Gasteiger partial charge in [0.2, 0.25) is 0 Å². The van der Waals surface area contributed by atoms with E-state index in [2.05, 4.69) is 22.4 Å². The molecule has 6 heteroatoms. The third kappa shape index (κ3) is 2.19. The van der Waals surface area contributed by atoms with Crippen LogP contribution in [0.25, 0.3) is 11.4 Å². The number of tetrazole rings is 1. The molecule has 1 aromatic heterocycles. The van der Waals surface area contributed by atoms with Crippen molar-refractivity contribution < 1.29 is 4.74 Å². The molecule has 3 rings (SSSR count). The molecule has 2 aromatic rings. The number of rotatable bonds is 2. The first-order valence-electron chi connectivity index (χ1n) is 6.42. The van der Waals surface area contributed by atoms with E-state index in [1.807, 2.05) is 28.9 Å². The summed E-state index contributed by atoms with van der Waals surface area (Å²) in [4.78, 5) is 0. The Morgan fingerprint density at radius 3 is 2.58 bits per heavy atom. The van der Waals surface area contributed by atoms with Crippen LogP contribution < -0.4 is 5.73 Å². The molecule has 0 spiro atoms. The summed E-state index contributed by atoms with van der Waals surface area (Å²) in [5.74, 6) is 0.782. The van der Waals surface area contributed by atoms with E-state index in [1.165, 1.54) is 0 Å². The average molecular weight is 259 g/mol. The molecule has 1 aromatic carbocycles. The molecule has 0 atom stereocenters. The second kappa shape index (κ2) is 4.62. The summed E-state index contributed by atoms with van der Waals surface area (Å²) in [6.07, 6.45) is 1.83. The van der Waals surface area contributed by atoms with E-state index in [0.717, 1.165) is 43.1 Å². The van der Waals surface area contributed by atoms with Crippen LogP contribution >= 0.6 is 0 Å². The number of ether oxygens (including phenoxy) is 1. The van der Waals surface area contributed by atoms with Crippen LogP contribution in [0.4, 0.5) is 5.69 Å². The highest BCUT2D eigenvalue weighted by Crippen LogP contribution is 2.31. The third-order valence-electron chi connectivity index (χ3n) is 3.72. The Labute approximate surface area is 111 Å². The molecular formula is C13H17N5O. The van der Waals surface area contributed by atoms with E-state index in [0.29, 0.717) is 0 Å². The van der Waals surface area contributed by atoms with Crippen LogP contribution in [0.15, 0.2) is 24.3 Å². The number of benzene rings is 1. The normalized spacial score (nSPS) is 18.4. The van der Waals surface area contributed by atoms with Crippen LogP contribution in [0, 0.1) is 0 Å². The molecular weight excluding hydrogens is 242 g/mol. The summed E-state index contributed by atoms with van der Waals surface area (Å²) < 4.78 is 7.34. The molecule has 100 valence electrons. The Bertz CT molecular complexity index is 557. The standard InChI is InChI=1S/C13H17N5O/c1-13(6-8-19-9-7-13)18-12(15-16-17-18)10-2-4-11(14)5-3-10/h2-5H,6-9,14H2,1H3. The van der Waals surface area contributed by atoms with E-state index in [1.54, 1.807) is 0 Å². The zero-order chi connectivity index (χ0) is 13.3. The van der Waals surface area contributed by atoms with Crippen LogP contribution in [0.1, 0.15) is 19.8 Å². The van der Waals surface area contributed by atoms with Gasteiger partial charge in [0.1, 0.15) is 0 Å². The zero-order valence-electron chi connectivity index (χ0n) is 10.9. The molecule has 1 fully saturated rings. The van der Waals surface area contributed by atoms with Gasteiger partial charge in [-0.1, -0.05) is 0 Å². The van der Waals surface area contributed by atoms with Crippen LogP contribution in [-0.2, 0) is 10.3 Å². The highest BCUT2D eigenvalue weighted by atomic mass is 16.5. The van der Waals surface area contributed by atoms with Crippen molar-refractivity contribution in [1.29, 1.82) is 0 Å². The summed E-state index contributed by atoms with van der Waals surface area (Å²) in [5.41, 5.74) is 7.34. The van der Waals surface area contributed by atoms with Crippen molar-refractivity contribution in [2.45, 2.75) is 25.3 Å². The summed E-state index contributed by atoms with van der Waals surface area (Å²) in [5, 5.41) is 12.2. The molecule has 0 aliphatic carbocycles. The number of nitrogens with zero attached hydrogens (tertiary/aromatic N) is 4. The van der Waals surface area contributed by atoms with Gasteiger partial charge in [0, 0.05) is 24.5 Å². The number of hydrogen-bond acceptors (Lipinski definition) is 5. The Hall–Kier alpha value is -1.95. The Kier molecular flexibility index (Phi) is 2.94. The van der Waals surface area contributed by atoms with Gasteiger partial charge in [-0.15, -0.1) is 5.10 Å². The molecule has 2 heterocycles. The lowest BCUT2D eigenvalue weighted by Crippen LogP contribution is -2.38. The molecule has 19 heavy (non-hydrogen) atoms. The number of aromatic nitrogens is 4. The molecule has 6 nitrogen and oxygen atoms in total. The summed E-state index contributed by atoms with van der Waals surface area (Å²) in [6, 6.07) is 7.61. The fourth-order valence-electron chi connectivity index (χ4n) is 2.39. The van der Waals surface area contributed by atoms with E-state index >= 15 is 0 Å². The maximum absolute atomic E-state index is 5.71. The van der Waals surface area contributed by atoms with Crippen molar-refractivity contribution in [3.05, 3.63) is 24.3 Å². The van der Waals surface area contributed by atoms with Crippen molar-refractivity contribution in [1.82, 2.24) is 20.2 Å². The quantitative estimate of drug-likeness (QED) is 0.826. The van der Waals surface area contributed by atoms with Crippen molar-refractivity contribution in [3.8, 4) is 11.4 Å². The Morgan fingerprint density at radius 2 is 1.89 bits per heavy atom. The van der Waals surface area contributed by atoms with Crippen LogP contribution in [-0.4, -0.2) is 33.4 Å². The summed E-state index contributed by atoms with van der Waals surface area (Å²) in [7, 11) is 0. The lowest BCUT2D eigenvalue weighted by atomic mass is 9.92. The van der Waals surface area contributed by atoms with Gasteiger partial charge >= 0.3 is 0 Å². The van der Waals surface area contributed by atoms with Gasteiger partial charge in [-0.3, -0.25) is 0 Å². The molecule has 1 aliphatic rings. The maximum atomic E-state index is 5.71. The molecule has 0 saturated carbocycles. The van der Waals surface area contributed by atoms with Gasteiger partial charge in [-0.05, 0) is 54.5 Å². The lowest BCUT2D eigenvalue weighted by Gasteiger charge is -2.33. The summed E-state index contributed by atoms with van der Waals surface area (Å²) >= 11 is 0. The van der Waals surface area contributed by atoms with Gasteiger partial charge in [-0.25, -0.2) is 4.68 Å². The minimum Gasteiger partial charge on any atom is -0.399 e. The monoisotopic (exact) mass is 259 g/mol. The molecule has 0 unspecified atom stereocenters. The van der Waals surface area contributed by atoms with Crippen LogP contribution in [0.3, 0.4) is 0 Å². The van der Waals surface area contributed by atoms with Crippen molar-refractivity contribution in [2.24, 2.45) is 0 Å². The molecule has 0 bridgehead atoms. The van der Waals surface area contributed by atoms with E-state index in [4.69, 9.17) is 10.5 Å². The molecule has 1 saturated heterocycles. The van der Waals surface area contributed by atoms with Crippen molar-refractivity contribution >= 4 is 5.69 Å². The SMILES string of the molecule is CC1(n2nnnc2-c2ccc(N)cc2)CCOCC1. The molecule has 1 aliphatic heterocycles. The van der Waals surface area contributed by atoms with Gasteiger partial charge in [-0.2, -0.15) is 0 Å². The fourth-order valence-corrected chi connectivity index (χ4v) is 2.39. The van der Waals surface area contributed by atoms with Crippen molar-refractivity contribution in [2.75, 3.05) is 18.9 Å². The smallest absolute Gasteiger partial charge is 0.182 e. The highest BCUT2D eigenvalue weighted by Gasteiger charge is 2.33. The fraction of sp³-hybridized carbons (Fsp3) is 0.462. The van der Waals surface area contributed by atoms with Crippen LogP contribution in [0.2, 0.25) is 0 Å². The minimum absolute atomic E-state index is 0.0849. The topological polar surface area (TPSA) is 78.9 Å². The second-order valence-electron chi connectivity index (χ2n) is 5.15. The van der Waals surface area contributed by atoms with E-state index in [9.17, 15) is 0 Å². The van der Waals surface area contributed by atoms with Gasteiger partial charge < -0.3 is 10.5 Å². The number of nitrogens with two attached hydrogens (primary N) is 1. The van der Waals surface area contributed by atoms with Crippen LogP contribution in [0.5, 0.6) is 0 Å². The summed E-state index contributed by atoms with van der Waals surface area (Å²) in [6.45, 7) is 3.67. The molecule has 2 N–H and O–H groups in total. The lowest BCUT2D eigenvalue weighted by molar-refractivity contribution is 0.0240. The largest absolute Gasteiger partial charge is 0.399 e. The zero-order valence-corrected chi connectivity index (χ0v) is 10.9. The first-order chi connectivity index (χ1) is 9.19. The van der Waals surface area contributed by atoms with Gasteiger partial charge in [0.15, 0.2) is 5.82 Å². The van der Waals surface area contributed by atoms with E-state index in [-0.39, 0.29) is 5.54 Å². The van der Waals surface area contributed by atoms with E-state index < -0.39 is 0 Å².